The predicted octanol–water partition coefficient (Wildman–Crippen LogP) is 3.12. The maximum Gasteiger partial charge on any atom is 0.0873 e. The molecule has 0 atom stereocenters. The van der Waals surface area contributed by atoms with Gasteiger partial charge in [0.2, 0.25) is 0 Å². The van der Waals surface area contributed by atoms with Crippen LogP contribution in [0.2, 0.25) is 0 Å². The molecule has 0 aliphatic heterocycles. The van der Waals surface area contributed by atoms with E-state index in [1.165, 1.54) is 25.7 Å². The van der Waals surface area contributed by atoms with E-state index in [-0.39, 0.29) is 0 Å². The van der Waals surface area contributed by atoms with E-state index in [0.29, 0.717) is 0 Å². The maximum atomic E-state index is 5.15. The van der Waals surface area contributed by atoms with Gasteiger partial charge in [0.25, 0.3) is 0 Å². The van der Waals surface area contributed by atoms with Crippen molar-refractivity contribution in [2.45, 2.75) is 39.5 Å². The molecule has 0 rings (SSSR count). The van der Waals surface area contributed by atoms with Crippen LogP contribution in [0.5, 0.6) is 0 Å². The molecule has 0 aromatic heterocycles. The molecule has 0 heterocycles. The van der Waals surface area contributed by atoms with Crippen LogP contribution in [0, 0.1) is 0 Å². The second kappa shape index (κ2) is 8.54. The molecule has 0 saturated heterocycles. The van der Waals surface area contributed by atoms with Gasteiger partial charge in [-0.2, -0.15) is 0 Å². The summed E-state index contributed by atoms with van der Waals surface area (Å²) in [7, 11) is 0. The van der Waals surface area contributed by atoms with E-state index < -0.39 is 0 Å². The molecule has 0 N–H and O–H groups in total. The van der Waals surface area contributed by atoms with Gasteiger partial charge in [0, 0.05) is 0 Å². The predicted molar refractivity (Wildman–Crippen MR) is 44.9 cm³/mol. The highest BCUT2D eigenvalue weighted by Gasteiger charge is 1.84. The molecule has 1 heteroatoms. The summed E-state index contributed by atoms with van der Waals surface area (Å²) < 4.78 is 5.15. The molecule has 0 aliphatic carbocycles. The van der Waals surface area contributed by atoms with E-state index in [1.807, 2.05) is 13.0 Å². The fraction of sp³-hybridized carbons (Fsp3) is 0.778. The minimum atomic E-state index is 0.879. The zero-order valence-electron chi connectivity index (χ0n) is 7.10. The lowest BCUT2D eigenvalue weighted by Crippen LogP contribution is -1.86. The fourth-order valence-corrected chi connectivity index (χ4v) is 0.776. The first-order valence-corrected chi connectivity index (χ1v) is 4.14. The summed E-state index contributed by atoms with van der Waals surface area (Å²) in [6, 6.07) is 0. The van der Waals surface area contributed by atoms with Crippen molar-refractivity contribution in [2.24, 2.45) is 0 Å². The molecular weight excluding hydrogens is 124 g/mol. The lowest BCUT2D eigenvalue weighted by molar-refractivity contribution is 0.240. The van der Waals surface area contributed by atoms with Gasteiger partial charge in [-0.1, -0.05) is 32.3 Å². The second-order valence-corrected chi connectivity index (χ2v) is 2.40. The van der Waals surface area contributed by atoms with Gasteiger partial charge in [-0.25, -0.2) is 0 Å². The highest BCUT2D eigenvalue weighted by atomic mass is 16.5. The van der Waals surface area contributed by atoms with Crippen molar-refractivity contribution < 1.29 is 4.74 Å². The molecular formula is C9H18O. The Balaban J connectivity index is 2.77. The zero-order chi connectivity index (χ0) is 7.66. The van der Waals surface area contributed by atoms with Gasteiger partial charge in [0.1, 0.15) is 0 Å². The molecule has 0 bridgehead atoms. The van der Waals surface area contributed by atoms with Crippen LogP contribution in [0.3, 0.4) is 0 Å². The lowest BCUT2D eigenvalue weighted by Gasteiger charge is -1.98. The Labute approximate surface area is 64.1 Å². The average molecular weight is 142 g/mol. The zero-order valence-corrected chi connectivity index (χ0v) is 7.10. The van der Waals surface area contributed by atoms with Crippen molar-refractivity contribution >= 4 is 0 Å². The lowest BCUT2D eigenvalue weighted by atomic mass is 10.2. The van der Waals surface area contributed by atoms with E-state index in [2.05, 4.69) is 6.92 Å². The summed E-state index contributed by atoms with van der Waals surface area (Å²) in [5.74, 6) is 0. The van der Waals surface area contributed by atoms with E-state index >= 15 is 0 Å². The standard InChI is InChI=1S/C9H18O/c1-3-5-6-7-9-10-8-4-2/h4,8H,3,5-7,9H2,1-2H3. The van der Waals surface area contributed by atoms with E-state index in [4.69, 9.17) is 4.74 Å². The Morgan fingerprint density at radius 3 is 2.60 bits per heavy atom. The van der Waals surface area contributed by atoms with Crippen molar-refractivity contribution in [3.8, 4) is 0 Å². The molecule has 0 aromatic rings. The van der Waals surface area contributed by atoms with Crippen LogP contribution in [-0.2, 0) is 4.74 Å². The summed E-state index contributed by atoms with van der Waals surface area (Å²) in [5.41, 5.74) is 0. The normalized spacial score (nSPS) is 10.6. The van der Waals surface area contributed by atoms with Gasteiger partial charge < -0.3 is 4.74 Å². The van der Waals surface area contributed by atoms with Crippen LogP contribution in [0.1, 0.15) is 39.5 Å². The second-order valence-electron chi connectivity index (χ2n) is 2.40. The third kappa shape index (κ3) is 7.54. The van der Waals surface area contributed by atoms with Gasteiger partial charge in [0.05, 0.1) is 12.9 Å². The van der Waals surface area contributed by atoms with Crippen LogP contribution in [0.15, 0.2) is 12.3 Å². The minimum absolute atomic E-state index is 0.879. The molecule has 10 heavy (non-hydrogen) atoms. The van der Waals surface area contributed by atoms with Gasteiger partial charge in [-0.15, -0.1) is 0 Å². The maximum absolute atomic E-state index is 5.15. The van der Waals surface area contributed by atoms with Crippen LogP contribution in [-0.4, -0.2) is 6.61 Å². The summed E-state index contributed by atoms with van der Waals surface area (Å²) >= 11 is 0. The van der Waals surface area contributed by atoms with Gasteiger partial charge >= 0.3 is 0 Å². The van der Waals surface area contributed by atoms with Crippen LogP contribution in [0.25, 0.3) is 0 Å². The summed E-state index contributed by atoms with van der Waals surface area (Å²) in [6.45, 7) is 5.06. The molecule has 0 spiro atoms. The van der Waals surface area contributed by atoms with Crippen LogP contribution < -0.4 is 0 Å². The smallest absolute Gasteiger partial charge is 0.0873 e. The number of allylic oxidation sites excluding steroid dienone is 1. The third-order valence-electron chi connectivity index (χ3n) is 1.35. The van der Waals surface area contributed by atoms with Crippen LogP contribution >= 0.6 is 0 Å². The van der Waals surface area contributed by atoms with Crippen LogP contribution in [0.4, 0.5) is 0 Å². The number of unbranched alkanes of at least 4 members (excludes halogenated alkanes) is 3. The Hall–Kier alpha value is -0.460. The SMILES string of the molecule is CC=COCCCCCC. The Morgan fingerprint density at radius 1 is 1.20 bits per heavy atom. The van der Waals surface area contributed by atoms with Gasteiger partial charge in [0.15, 0.2) is 0 Å². The van der Waals surface area contributed by atoms with Crippen molar-refractivity contribution in [2.75, 3.05) is 6.61 Å². The Morgan fingerprint density at radius 2 is 2.00 bits per heavy atom. The molecule has 0 unspecified atom stereocenters. The molecule has 0 amide bonds. The molecule has 0 fully saturated rings. The topological polar surface area (TPSA) is 9.23 Å². The van der Waals surface area contributed by atoms with E-state index in [9.17, 15) is 0 Å². The summed E-state index contributed by atoms with van der Waals surface area (Å²) in [4.78, 5) is 0. The first kappa shape index (κ1) is 9.54. The van der Waals surface area contributed by atoms with Gasteiger partial charge in [-0.05, 0) is 13.3 Å². The average Bonchev–Trinajstić information content (AvgIpc) is 1.97. The molecule has 0 saturated carbocycles. The Kier molecular flexibility index (Phi) is 8.15. The third-order valence-corrected chi connectivity index (χ3v) is 1.35. The van der Waals surface area contributed by atoms with Gasteiger partial charge in [-0.3, -0.25) is 0 Å². The summed E-state index contributed by atoms with van der Waals surface area (Å²) in [5, 5.41) is 0. The fourth-order valence-electron chi connectivity index (χ4n) is 0.776. The molecule has 0 aromatic carbocycles. The number of ether oxygens (including phenoxy) is 1. The minimum Gasteiger partial charge on any atom is -0.502 e. The van der Waals surface area contributed by atoms with Crippen molar-refractivity contribution in [3.05, 3.63) is 12.3 Å². The van der Waals surface area contributed by atoms with Crippen molar-refractivity contribution in [1.82, 2.24) is 0 Å². The summed E-state index contributed by atoms with van der Waals surface area (Å²) in [6.07, 6.45) is 8.79. The molecule has 60 valence electrons. The number of rotatable bonds is 6. The highest BCUT2D eigenvalue weighted by Crippen LogP contribution is 1.98. The largest absolute Gasteiger partial charge is 0.502 e. The van der Waals surface area contributed by atoms with E-state index in [1.54, 1.807) is 6.26 Å². The highest BCUT2D eigenvalue weighted by molar-refractivity contribution is 4.64. The number of hydrogen-bond acceptors (Lipinski definition) is 1. The van der Waals surface area contributed by atoms with Crippen molar-refractivity contribution in [1.29, 1.82) is 0 Å². The van der Waals surface area contributed by atoms with Crippen molar-refractivity contribution in [3.63, 3.8) is 0 Å². The Bertz CT molecular complexity index is 76.8. The quantitative estimate of drug-likeness (QED) is 0.409. The van der Waals surface area contributed by atoms with E-state index in [0.717, 1.165) is 6.61 Å². The molecule has 0 aliphatic rings. The number of hydrogen-bond donors (Lipinski definition) is 0. The first-order chi connectivity index (χ1) is 4.91. The molecule has 0 radical (unpaired) electrons. The molecule has 1 nitrogen and oxygen atoms in total. The monoisotopic (exact) mass is 142 g/mol. The first-order valence-electron chi connectivity index (χ1n) is 4.14.